The van der Waals surface area contributed by atoms with Crippen molar-refractivity contribution in [3.63, 3.8) is 0 Å². The van der Waals surface area contributed by atoms with Crippen LogP contribution in [0, 0.1) is 0 Å². The van der Waals surface area contributed by atoms with E-state index in [2.05, 4.69) is 31.7 Å². The molecule has 0 spiro atoms. The number of hydrogen-bond acceptors (Lipinski definition) is 4. The van der Waals surface area contributed by atoms with Gasteiger partial charge >= 0.3 is 0 Å². The molecule has 0 aliphatic heterocycles. The van der Waals surface area contributed by atoms with Crippen LogP contribution < -0.4 is 0 Å². The highest BCUT2D eigenvalue weighted by Gasteiger charge is 2.07. The lowest BCUT2D eigenvalue weighted by Gasteiger charge is -1.96. The van der Waals surface area contributed by atoms with Crippen LogP contribution in [0.4, 0.5) is 0 Å². The number of H-pyrrole nitrogens is 1. The summed E-state index contributed by atoms with van der Waals surface area (Å²) in [5, 5.41) is 10.4. The van der Waals surface area contributed by atoms with E-state index in [1.807, 2.05) is 41.3 Å². The van der Waals surface area contributed by atoms with E-state index in [4.69, 9.17) is 0 Å². The Balaban J connectivity index is 1.66. The Morgan fingerprint density at radius 3 is 3.05 bits per heavy atom. The maximum Gasteiger partial charge on any atom is 0.131 e. The molecule has 4 heterocycles. The molecule has 20 heavy (non-hydrogen) atoms. The molecule has 0 aromatic carbocycles. The second kappa shape index (κ2) is 4.57. The van der Waals surface area contributed by atoms with Gasteiger partial charge in [0.1, 0.15) is 5.69 Å². The molecule has 5 nitrogen and oxygen atoms in total. The van der Waals surface area contributed by atoms with Gasteiger partial charge in [0.05, 0.1) is 29.5 Å². The molecular weight excluding hydrogens is 270 g/mol. The van der Waals surface area contributed by atoms with Crippen molar-refractivity contribution >= 4 is 22.4 Å². The molecule has 0 unspecified atom stereocenters. The van der Waals surface area contributed by atoms with Crippen LogP contribution in [0.25, 0.3) is 22.4 Å². The molecule has 0 radical (unpaired) electrons. The van der Waals surface area contributed by atoms with E-state index in [0.29, 0.717) is 0 Å². The normalized spacial score (nSPS) is 11.2. The molecule has 0 saturated heterocycles. The van der Waals surface area contributed by atoms with Crippen molar-refractivity contribution in [3.05, 3.63) is 53.0 Å². The quantitative estimate of drug-likeness (QED) is 0.628. The highest BCUT2D eigenvalue weighted by Crippen LogP contribution is 2.18. The largest absolute Gasteiger partial charge is 0.360 e. The van der Waals surface area contributed by atoms with Gasteiger partial charge in [-0.25, -0.2) is 9.67 Å². The molecule has 0 bridgehead atoms. The lowest BCUT2D eigenvalue weighted by atomic mass is 10.2. The monoisotopic (exact) mass is 281 g/mol. The molecule has 0 saturated carbocycles. The Kier molecular flexibility index (Phi) is 2.60. The zero-order chi connectivity index (χ0) is 13.4. The number of fused-ring (bicyclic) bond motifs is 1. The summed E-state index contributed by atoms with van der Waals surface area (Å²) in [5.41, 5.74) is 3.61. The van der Waals surface area contributed by atoms with E-state index in [0.717, 1.165) is 29.0 Å². The summed E-state index contributed by atoms with van der Waals surface area (Å²) in [5.74, 6) is 0. The molecule has 98 valence electrons. The number of hydrogen-bond donors (Lipinski definition) is 1. The topological polar surface area (TPSA) is 59.4 Å². The highest BCUT2D eigenvalue weighted by atomic mass is 32.1. The fourth-order valence-electron chi connectivity index (χ4n) is 2.13. The third kappa shape index (κ3) is 2.00. The average molecular weight is 281 g/mol. The van der Waals surface area contributed by atoms with Gasteiger partial charge in [-0.1, -0.05) is 11.3 Å². The Bertz CT molecular complexity index is 843. The standard InChI is InChI=1S/C14H11N5S/c1-2-10(20-7-1)8-19-9-14(17-18-19)12-4-3-11-13(16-12)5-6-15-11/h1-7,9,15H,8H2. The fraction of sp³-hybridized carbons (Fsp3) is 0.0714. The first-order valence-corrected chi connectivity index (χ1v) is 7.13. The van der Waals surface area contributed by atoms with Crippen LogP contribution in [0.1, 0.15) is 4.88 Å². The van der Waals surface area contributed by atoms with E-state index < -0.39 is 0 Å². The summed E-state index contributed by atoms with van der Waals surface area (Å²) in [6, 6.07) is 10.1. The smallest absolute Gasteiger partial charge is 0.131 e. The minimum absolute atomic E-state index is 0.747. The Morgan fingerprint density at radius 2 is 2.15 bits per heavy atom. The SMILES string of the molecule is c1csc(Cn2cc(-c3ccc4[nH]ccc4n3)nn2)c1. The predicted octanol–water partition coefficient (Wildman–Crippen LogP) is 2.93. The molecule has 0 aliphatic rings. The van der Waals surface area contributed by atoms with Gasteiger partial charge in [0, 0.05) is 11.1 Å². The summed E-state index contributed by atoms with van der Waals surface area (Å²) in [4.78, 5) is 8.96. The molecular formula is C14H11N5S. The third-order valence-corrected chi connectivity index (χ3v) is 3.96. The van der Waals surface area contributed by atoms with Gasteiger partial charge in [-0.15, -0.1) is 16.4 Å². The van der Waals surface area contributed by atoms with Crippen LogP contribution in [0.2, 0.25) is 0 Å². The van der Waals surface area contributed by atoms with E-state index in [1.54, 1.807) is 11.3 Å². The van der Waals surface area contributed by atoms with Gasteiger partial charge < -0.3 is 4.98 Å². The maximum atomic E-state index is 4.57. The van der Waals surface area contributed by atoms with Gasteiger partial charge in [-0.2, -0.15) is 0 Å². The van der Waals surface area contributed by atoms with Crippen LogP contribution >= 0.6 is 11.3 Å². The number of thiophene rings is 1. The average Bonchev–Trinajstić information content (AvgIpc) is 3.19. The van der Waals surface area contributed by atoms with Crippen LogP contribution in [0.15, 0.2) is 48.1 Å². The van der Waals surface area contributed by atoms with Crippen LogP contribution in [0.3, 0.4) is 0 Å². The van der Waals surface area contributed by atoms with Crippen LogP contribution in [0.5, 0.6) is 0 Å². The third-order valence-electron chi connectivity index (χ3n) is 3.10. The zero-order valence-corrected chi connectivity index (χ0v) is 11.3. The van der Waals surface area contributed by atoms with Crippen LogP contribution in [-0.2, 0) is 6.54 Å². The van der Waals surface area contributed by atoms with Gasteiger partial charge in [0.25, 0.3) is 0 Å². The summed E-state index contributed by atoms with van der Waals surface area (Å²) < 4.78 is 1.84. The number of aromatic amines is 1. The number of nitrogens with zero attached hydrogens (tertiary/aromatic N) is 4. The molecule has 0 atom stereocenters. The molecule has 0 fully saturated rings. The van der Waals surface area contributed by atoms with Gasteiger partial charge in [-0.05, 0) is 29.6 Å². The second-order valence-corrected chi connectivity index (χ2v) is 5.52. The molecule has 4 aromatic rings. The van der Waals surface area contributed by atoms with Crippen molar-refractivity contribution in [2.45, 2.75) is 6.54 Å². The summed E-state index contributed by atoms with van der Waals surface area (Å²) >= 11 is 1.72. The first kappa shape index (κ1) is 11.4. The van der Waals surface area contributed by atoms with Crippen molar-refractivity contribution in [1.82, 2.24) is 25.0 Å². The molecule has 4 rings (SSSR count). The van der Waals surface area contributed by atoms with Gasteiger partial charge in [0.2, 0.25) is 0 Å². The predicted molar refractivity (Wildman–Crippen MR) is 78.5 cm³/mol. The summed E-state index contributed by atoms with van der Waals surface area (Å²) in [6.07, 6.45) is 3.82. The summed E-state index contributed by atoms with van der Waals surface area (Å²) in [7, 11) is 0. The van der Waals surface area contributed by atoms with Crippen molar-refractivity contribution in [2.24, 2.45) is 0 Å². The lowest BCUT2D eigenvalue weighted by molar-refractivity contribution is 0.656. The van der Waals surface area contributed by atoms with Crippen molar-refractivity contribution in [3.8, 4) is 11.4 Å². The minimum Gasteiger partial charge on any atom is -0.360 e. The van der Waals surface area contributed by atoms with E-state index in [1.165, 1.54) is 4.88 Å². The molecule has 0 aliphatic carbocycles. The Morgan fingerprint density at radius 1 is 1.15 bits per heavy atom. The van der Waals surface area contributed by atoms with Crippen molar-refractivity contribution in [1.29, 1.82) is 0 Å². The van der Waals surface area contributed by atoms with E-state index >= 15 is 0 Å². The zero-order valence-electron chi connectivity index (χ0n) is 10.5. The van der Waals surface area contributed by atoms with E-state index in [-0.39, 0.29) is 0 Å². The number of pyridine rings is 1. The number of rotatable bonds is 3. The van der Waals surface area contributed by atoms with Crippen LogP contribution in [-0.4, -0.2) is 25.0 Å². The van der Waals surface area contributed by atoms with Crippen molar-refractivity contribution in [2.75, 3.05) is 0 Å². The second-order valence-electron chi connectivity index (χ2n) is 4.49. The van der Waals surface area contributed by atoms with Crippen molar-refractivity contribution < 1.29 is 0 Å². The fourth-order valence-corrected chi connectivity index (χ4v) is 2.83. The molecule has 0 amide bonds. The lowest BCUT2D eigenvalue weighted by Crippen LogP contribution is -1.97. The number of nitrogens with one attached hydrogen (secondary N) is 1. The van der Waals surface area contributed by atoms with E-state index in [9.17, 15) is 0 Å². The minimum atomic E-state index is 0.747. The van der Waals surface area contributed by atoms with Gasteiger partial charge in [0.15, 0.2) is 0 Å². The Hall–Kier alpha value is -2.47. The Labute approximate surface area is 118 Å². The first-order valence-electron chi connectivity index (χ1n) is 6.25. The molecule has 1 N–H and O–H groups in total. The highest BCUT2D eigenvalue weighted by molar-refractivity contribution is 7.09. The first-order chi connectivity index (χ1) is 9.88. The molecule has 6 heteroatoms. The number of aromatic nitrogens is 5. The maximum absolute atomic E-state index is 4.57. The van der Waals surface area contributed by atoms with Gasteiger partial charge in [-0.3, -0.25) is 0 Å². The summed E-state index contributed by atoms with van der Waals surface area (Å²) in [6.45, 7) is 0.747. The molecule has 4 aromatic heterocycles.